The minimum atomic E-state index is 0.0410. The maximum atomic E-state index is 5.96. The highest BCUT2D eigenvalue weighted by Gasteiger charge is 2.21. The third kappa shape index (κ3) is 6.94. The van der Waals surface area contributed by atoms with E-state index in [-0.39, 0.29) is 6.10 Å². The molecule has 5 nitrogen and oxygen atoms in total. The molecule has 0 radical (unpaired) electrons. The molecule has 0 bridgehead atoms. The molecule has 1 aliphatic rings. The van der Waals surface area contributed by atoms with Gasteiger partial charge < -0.3 is 20.3 Å². The quantitative estimate of drug-likeness (QED) is 0.561. The molecule has 0 spiro atoms. The molecular formula is C20H34N4O. The number of likely N-dealkylation sites (tertiary alicyclic amines) is 1. The van der Waals surface area contributed by atoms with Crippen molar-refractivity contribution in [2.45, 2.75) is 40.2 Å². The van der Waals surface area contributed by atoms with Crippen molar-refractivity contribution in [3.63, 3.8) is 0 Å². The van der Waals surface area contributed by atoms with Crippen molar-refractivity contribution in [3.8, 4) is 5.75 Å². The van der Waals surface area contributed by atoms with Crippen LogP contribution >= 0.6 is 0 Å². The Bertz CT molecular complexity index is 546. The predicted molar refractivity (Wildman–Crippen MR) is 105 cm³/mol. The van der Waals surface area contributed by atoms with Crippen LogP contribution in [0.3, 0.4) is 0 Å². The molecule has 1 saturated heterocycles. The first kappa shape index (κ1) is 19.6. The van der Waals surface area contributed by atoms with Gasteiger partial charge >= 0.3 is 0 Å². The van der Waals surface area contributed by atoms with E-state index in [2.05, 4.69) is 60.4 Å². The standard InChI is InChI=1S/C20H34N4O/c1-5-21-20(23-14-18-10-11-24(6-2)15-18)22-13-17(4)25-19-9-7-8-16(3)12-19/h7-9,12,17-18H,5-6,10-11,13-15H2,1-4H3,(H2,21,22,23). The number of hydrogen-bond donors (Lipinski definition) is 2. The molecule has 140 valence electrons. The zero-order valence-electron chi connectivity index (χ0n) is 16.2. The number of aliphatic imine (C=N–C) groups is 1. The van der Waals surface area contributed by atoms with Crippen molar-refractivity contribution in [1.82, 2.24) is 15.5 Å². The fraction of sp³-hybridized carbons (Fsp3) is 0.650. The molecule has 1 heterocycles. The molecule has 2 N–H and O–H groups in total. The number of aryl methyl sites for hydroxylation is 1. The molecule has 0 aliphatic carbocycles. The lowest BCUT2D eigenvalue weighted by molar-refractivity contribution is 0.230. The van der Waals surface area contributed by atoms with Gasteiger partial charge in [0.05, 0.1) is 6.54 Å². The highest BCUT2D eigenvalue weighted by molar-refractivity contribution is 5.79. The largest absolute Gasteiger partial charge is 0.489 e. The molecule has 0 aromatic heterocycles. The van der Waals surface area contributed by atoms with Crippen molar-refractivity contribution in [1.29, 1.82) is 0 Å². The fourth-order valence-electron chi connectivity index (χ4n) is 3.13. The molecule has 2 unspecified atom stereocenters. The Labute approximate surface area is 152 Å². The topological polar surface area (TPSA) is 48.9 Å². The lowest BCUT2D eigenvalue weighted by atomic mass is 10.1. The average Bonchev–Trinajstić information content (AvgIpc) is 3.05. The Kier molecular flexibility index (Phi) is 8.06. The number of nitrogens with zero attached hydrogens (tertiary/aromatic N) is 2. The Balaban J connectivity index is 1.79. The van der Waals surface area contributed by atoms with Gasteiger partial charge in [-0.2, -0.15) is 0 Å². The average molecular weight is 347 g/mol. The van der Waals surface area contributed by atoms with Crippen LogP contribution in [0.1, 0.15) is 32.8 Å². The van der Waals surface area contributed by atoms with E-state index < -0.39 is 0 Å². The van der Waals surface area contributed by atoms with Crippen LogP contribution in [0.2, 0.25) is 0 Å². The van der Waals surface area contributed by atoms with Crippen LogP contribution in [0.5, 0.6) is 5.75 Å². The zero-order valence-corrected chi connectivity index (χ0v) is 16.2. The summed E-state index contributed by atoms with van der Waals surface area (Å²) in [5, 5.41) is 6.82. The molecule has 2 atom stereocenters. The van der Waals surface area contributed by atoms with Gasteiger partial charge in [-0.05, 0) is 63.9 Å². The molecule has 0 amide bonds. The second-order valence-corrected chi connectivity index (χ2v) is 6.89. The Morgan fingerprint density at radius 2 is 2.20 bits per heavy atom. The summed E-state index contributed by atoms with van der Waals surface area (Å²) < 4.78 is 5.96. The Morgan fingerprint density at radius 1 is 1.36 bits per heavy atom. The molecule has 1 fully saturated rings. The molecular weight excluding hydrogens is 312 g/mol. The van der Waals surface area contributed by atoms with E-state index in [9.17, 15) is 0 Å². The molecule has 5 heteroatoms. The van der Waals surface area contributed by atoms with Gasteiger partial charge in [0.25, 0.3) is 0 Å². The van der Waals surface area contributed by atoms with Gasteiger partial charge in [0.15, 0.2) is 5.96 Å². The maximum Gasteiger partial charge on any atom is 0.191 e. The van der Waals surface area contributed by atoms with E-state index in [0.29, 0.717) is 12.5 Å². The van der Waals surface area contributed by atoms with Crippen LogP contribution in [0, 0.1) is 12.8 Å². The lowest BCUT2D eigenvalue weighted by Gasteiger charge is -2.17. The van der Waals surface area contributed by atoms with E-state index in [1.165, 1.54) is 25.1 Å². The van der Waals surface area contributed by atoms with Gasteiger partial charge in [0.1, 0.15) is 11.9 Å². The van der Waals surface area contributed by atoms with E-state index >= 15 is 0 Å². The van der Waals surface area contributed by atoms with Gasteiger partial charge in [0, 0.05) is 19.6 Å². The second-order valence-electron chi connectivity index (χ2n) is 6.89. The highest BCUT2D eigenvalue weighted by Crippen LogP contribution is 2.15. The smallest absolute Gasteiger partial charge is 0.191 e. The zero-order chi connectivity index (χ0) is 18.1. The van der Waals surface area contributed by atoms with Crippen LogP contribution in [0.25, 0.3) is 0 Å². The van der Waals surface area contributed by atoms with Crippen molar-refractivity contribution >= 4 is 5.96 Å². The third-order valence-corrected chi connectivity index (χ3v) is 4.55. The summed E-state index contributed by atoms with van der Waals surface area (Å²) in [5.74, 6) is 2.51. The summed E-state index contributed by atoms with van der Waals surface area (Å²) in [4.78, 5) is 7.20. The molecule has 2 rings (SSSR count). The number of nitrogens with one attached hydrogen (secondary N) is 2. The molecule has 1 aliphatic heterocycles. The number of guanidine groups is 1. The first-order valence-electron chi connectivity index (χ1n) is 9.58. The van der Waals surface area contributed by atoms with Crippen LogP contribution < -0.4 is 15.4 Å². The van der Waals surface area contributed by atoms with Crippen molar-refractivity contribution in [2.75, 3.05) is 39.3 Å². The van der Waals surface area contributed by atoms with Crippen LogP contribution in [0.4, 0.5) is 0 Å². The van der Waals surface area contributed by atoms with Gasteiger partial charge in [-0.3, -0.25) is 0 Å². The van der Waals surface area contributed by atoms with E-state index in [0.717, 1.165) is 31.3 Å². The lowest BCUT2D eigenvalue weighted by Crippen LogP contribution is -2.41. The second kappa shape index (κ2) is 10.3. The fourth-order valence-corrected chi connectivity index (χ4v) is 3.13. The first-order valence-corrected chi connectivity index (χ1v) is 9.58. The molecule has 0 saturated carbocycles. The van der Waals surface area contributed by atoms with Crippen molar-refractivity contribution in [2.24, 2.45) is 10.9 Å². The Hall–Kier alpha value is -1.75. The SMILES string of the molecule is CCNC(=NCC(C)Oc1cccc(C)c1)NCC1CCN(CC)C1. The summed E-state index contributed by atoms with van der Waals surface area (Å²) in [6.07, 6.45) is 1.31. The van der Waals surface area contributed by atoms with E-state index in [1.54, 1.807) is 0 Å². The minimum absolute atomic E-state index is 0.0410. The summed E-state index contributed by atoms with van der Waals surface area (Å²) in [6.45, 7) is 14.5. The van der Waals surface area contributed by atoms with Gasteiger partial charge in [-0.25, -0.2) is 4.99 Å². The molecule has 1 aromatic rings. The first-order chi connectivity index (χ1) is 12.1. The Morgan fingerprint density at radius 3 is 2.88 bits per heavy atom. The number of benzene rings is 1. The van der Waals surface area contributed by atoms with Gasteiger partial charge in [0.2, 0.25) is 0 Å². The van der Waals surface area contributed by atoms with Crippen molar-refractivity contribution < 1.29 is 4.74 Å². The summed E-state index contributed by atoms with van der Waals surface area (Å²) in [6, 6.07) is 8.15. The number of ether oxygens (including phenoxy) is 1. The minimum Gasteiger partial charge on any atom is -0.489 e. The molecule has 25 heavy (non-hydrogen) atoms. The van der Waals surface area contributed by atoms with Crippen LogP contribution in [-0.4, -0.2) is 56.2 Å². The summed E-state index contributed by atoms with van der Waals surface area (Å²) >= 11 is 0. The summed E-state index contributed by atoms with van der Waals surface area (Å²) in [5.41, 5.74) is 1.21. The van der Waals surface area contributed by atoms with Gasteiger partial charge in [-0.1, -0.05) is 19.1 Å². The predicted octanol–water partition coefficient (Wildman–Crippen LogP) is 2.66. The van der Waals surface area contributed by atoms with E-state index in [1.807, 2.05) is 12.1 Å². The third-order valence-electron chi connectivity index (χ3n) is 4.55. The molecule has 1 aromatic carbocycles. The van der Waals surface area contributed by atoms with E-state index in [4.69, 9.17) is 4.74 Å². The number of rotatable bonds is 8. The summed E-state index contributed by atoms with van der Waals surface area (Å²) in [7, 11) is 0. The monoisotopic (exact) mass is 346 g/mol. The van der Waals surface area contributed by atoms with Crippen LogP contribution in [-0.2, 0) is 0 Å². The normalized spacial score (nSPS) is 19.7. The van der Waals surface area contributed by atoms with Gasteiger partial charge in [-0.15, -0.1) is 0 Å². The van der Waals surface area contributed by atoms with Crippen LogP contribution in [0.15, 0.2) is 29.3 Å². The maximum absolute atomic E-state index is 5.96. The van der Waals surface area contributed by atoms with Crippen molar-refractivity contribution in [3.05, 3.63) is 29.8 Å². The highest BCUT2D eigenvalue weighted by atomic mass is 16.5. The number of hydrogen-bond acceptors (Lipinski definition) is 3.